The number of rotatable bonds is 3. The van der Waals surface area contributed by atoms with Crippen molar-refractivity contribution >= 4 is 5.78 Å². The Labute approximate surface area is 96.9 Å². The fourth-order valence-electron chi connectivity index (χ4n) is 1.63. The van der Waals surface area contributed by atoms with Gasteiger partial charge in [-0.3, -0.25) is 4.79 Å². The zero-order valence-corrected chi connectivity index (χ0v) is 9.17. The Morgan fingerprint density at radius 3 is 2.71 bits per heavy atom. The third kappa shape index (κ3) is 2.11. The average Bonchev–Trinajstić information content (AvgIpc) is 2.79. The lowest BCUT2D eigenvalue weighted by atomic mass is 10.0. The molecule has 0 aliphatic carbocycles. The molecule has 2 rings (SSSR count). The molecule has 88 valence electrons. The van der Waals surface area contributed by atoms with Crippen LogP contribution < -0.4 is 0 Å². The molecule has 0 saturated carbocycles. The molecule has 0 N–H and O–H groups in total. The SMILES string of the molecule is CCc1occc1C(=O)c1cc(F)ccc1F. The number of carbonyl (C=O) groups is 1. The predicted molar refractivity (Wildman–Crippen MR) is 57.9 cm³/mol. The number of hydrogen-bond donors (Lipinski definition) is 0. The normalized spacial score (nSPS) is 10.5. The Morgan fingerprint density at radius 2 is 2.00 bits per heavy atom. The standard InChI is InChI=1S/C13H10F2O2/c1-2-12-9(5-6-17-12)13(16)10-7-8(14)3-4-11(10)15/h3-7H,2H2,1H3. The largest absolute Gasteiger partial charge is 0.469 e. The van der Waals surface area contributed by atoms with Gasteiger partial charge in [0, 0.05) is 6.42 Å². The van der Waals surface area contributed by atoms with E-state index in [-0.39, 0.29) is 11.1 Å². The van der Waals surface area contributed by atoms with Gasteiger partial charge < -0.3 is 4.42 Å². The van der Waals surface area contributed by atoms with Crippen LogP contribution in [0.1, 0.15) is 28.6 Å². The molecule has 0 atom stereocenters. The molecule has 1 aromatic heterocycles. The van der Waals surface area contributed by atoms with E-state index in [4.69, 9.17) is 4.42 Å². The first-order chi connectivity index (χ1) is 8.13. The Kier molecular flexibility index (Phi) is 3.04. The maximum atomic E-state index is 13.4. The van der Waals surface area contributed by atoms with E-state index in [1.807, 2.05) is 6.92 Å². The Balaban J connectivity index is 2.47. The first-order valence-electron chi connectivity index (χ1n) is 5.19. The van der Waals surface area contributed by atoms with E-state index in [1.165, 1.54) is 12.3 Å². The number of aryl methyl sites for hydroxylation is 1. The first-order valence-corrected chi connectivity index (χ1v) is 5.19. The number of halogens is 2. The van der Waals surface area contributed by atoms with Crippen molar-refractivity contribution in [3.05, 3.63) is 59.1 Å². The Morgan fingerprint density at radius 1 is 1.24 bits per heavy atom. The molecule has 0 amide bonds. The van der Waals surface area contributed by atoms with Gasteiger partial charge in [0.25, 0.3) is 0 Å². The summed E-state index contributed by atoms with van der Waals surface area (Å²) in [5.41, 5.74) is -0.00176. The van der Waals surface area contributed by atoms with Gasteiger partial charge in [-0.1, -0.05) is 6.92 Å². The summed E-state index contributed by atoms with van der Waals surface area (Å²) in [6.45, 7) is 1.82. The molecule has 0 aliphatic heterocycles. The molecule has 0 fully saturated rings. The van der Waals surface area contributed by atoms with E-state index in [0.717, 1.165) is 18.2 Å². The lowest BCUT2D eigenvalue weighted by molar-refractivity contribution is 0.103. The summed E-state index contributed by atoms with van der Waals surface area (Å²) in [7, 11) is 0. The molecule has 1 heterocycles. The molecular formula is C13H10F2O2. The van der Waals surface area contributed by atoms with E-state index >= 15 is 0 Å². The topological polar surface area (TPSA) is 30.2 Å². The summed E-state index contributed by atoms with van der Waals surface area (Å²) in [5, 5.41) is 0. The highest BCUT2D eigenvalue weighted by atomic mass is 19.1. The molecule has 1 aromatic carbocycles. The van der Waals surface area contributed by atoms with Crippen molar-refractivity contribution < 1.29 is 18.0 Å². The van der Waals surface area contributed by atoms with E-state index in [2.05, 4.69) is 0 Å². The highest BCUT2D eigenvalue weighted by Gasteiger charge is 2.19. The minimum absolute atomic E-state index is 0.275. The van der Waals surface area contributed by atoms with Crippen molar-refractivity contribution in [1.82, 2.24) is 0 Å². The van der Waals surface area contributed by atoms with Crippen LogP contribution in [-0.2, 0) is 6.42 Å². The fraction of sp³-hybridized carbons (Fsp3) is 0.154. The number of benzene rings is 1. The molecule has 2 nitrogen and oxygen atoms in total. The van der Waals surface area contributed by atoms with Crippen LogP contribution in [0.25, 0.3) is 0 Å². The summed E-state index contributed by atoms with van der Waals surface area (Å²) in [6.07, 6.45) is 1.88. The molecule has 17 heavy (non-hydrogen) atoms. The predicted octanol–water partition coefficient (Wildman–Crippen LogP) is 3.35. The summed E-state index contributed by atoms with van der Waals surface area (Å²) < 4.78 is 31.5. The van der Waals surface area contributed by atoms with Crippen LogP contribution in [0.5, 0.6) is 0 Å². The van der Waals surface area contributed by atoms with Crippen LogP contribution in [0.3, 0.4) is 0 Å². The van der Waals surface area contributed by atoms with Crippen molar-refractivity contribution in [3.8, 4) is 0 Å². The number of hydrogen-bond acceptors (Lipinski definition) is 2. The van der Waals surface area contributed by atoms with Crippen molar-refractivity contribution in [1.29, 1.82) is 0 Å². The Bertz CT molecular complexity index is 558. The minimum atomic E-state index is -0.736. The molecule has 0 unspecified atom stereocenters. The van der Waals surface area contributed by atoms with Crippen LogP contribution in [0, 0.1) is 11.6 Å². The van der Waals surface area contributed by atoms with Gasteiger partial charge in [-0.15, -0.1) is 0 Å². The third-order valence-electron chi connectivity index (χ3n) is 2.48. The van der Waals surface area contributed by atoms with Gasteiger partial charge in [0.05, 0.1) is 17.4 Å². The summed E-state index contributed by atoms with van der Waals surface area (Å²) >= 11 is 0. The van der Waals surface area contributed by atoms with Gasteiger partial charge >= 0.3 is 0 Å². The van der Waals surface area contributed by atoms with E-state index in [1.54, 1.807) is 0 Å². The number of carbonyl (C=O) groups excluding carboxylic acids is 1. The number of furan rings is 1. The van der Waals surface area contributed by atoms with Crippen molar-refractivity contribution in [2.75, 3.05) is 0 Å². The van der Waals surface area contributed by atoms with Gasteiger partial charge in [0.1, 0.15) is 17.4 Å². The zero-order valence-electron chi connectivity index (χ0n) is 9.17. The molecule has 4 heteroatoms. The minimum Gasteiger partial charge on any atom is -0.469 e. The highest BCUT2D eigenvalue weighted by molar-refractivity contribution is 6.09. The third-order valence-corrected chi connectivity index (χ3v) is 2.48. The summed E-state index contributed by atoms with van der Waals surface area (Å²) in [5.74, 6) is -1.47. The van der Waals surface area contributed by atoms with Gasteiger partial charge in [0.2, 0.25) is 0 Å². The molecule has 0 radical (unpaired) electrons. The van der Waals surface area contributed by atoms with Crippen molar-refractivity contribution in [3.63, 3.8) is 0 Å². The van der Waals surface area contributed by atoms with Crippen molar-refractivity contribution in [2.45, 2.75) is 13.3 Å². The van der Waals surface area contributed by atoms with Crippen LogP contribution >= 0.6 is 0 Å². The van der Waals surface area contributed by atoms with Crippen LogP contribution in [0.4, 0.5) is 8.78 Å². The smallest absolute Gasteiger partial charge is 0.199 e. The second-order valence-corrected chi connectivity index (χ2v) is 3.56. The molecule has 2 aromatic rings. The van der Waals surface area contributed by atoms with Crippen LogP contribution in [0.15, 0.2) is 34.9 Å². The van der Waals surface area contributed by atoms with Gasteiger partial charge in [-0.2, -0.15) is 0 Å². The molecule has 0 aliphatic rings. The van der Waals surface area contributed by atoms with E-state index in [0.29, 0.717) is 12.2 Å². The van der Waals surface area contributed by atoms with Gasteiger partial charge in [-0.05, 0) is 24.3 Å². The number of ketones is 1. The molecule has 0 spiro atoms. The average molecular weight is 236 g/mol. The lowest BCUT2D eigenvalue weighted by Crippen LogP contribution is -2.06. The quantitative estimate of drug-likeness (QED) is 0.765. The van der Waals surface area contributed by atoms with Crippen LogP contribution in [0.2, 0.25) is 0 Å². The second kappa shape index (κ2) is 4.49. The lowest BCUT2D eigenvalue weighted by Gasteiger charge is -2.02. The zero-order chi connectivity index (χ0) is 12.4. The van der Waals surface area contributed by atoms with Crippen LogP contribution in [-0.4, -0.2) is 5.78 Å². The summed E-state index contributed by atoms with van der Waals surface area (Å²) in [6, 6.07) is 4.27. The highest BCUT2D eigenvalue weighted by Crippen LogP contribution is 2.19. The Hall–Kier alpha value is -1.97. The maximum Gasteiger partial charge on any atom is 0.199 e. The fourth-order valence-corrected chi connectivity index (χ4v) is 1.63. The van der Waals surface area contributed by atoms with Gasteiger partial charge in [-0.25, -0.2) is 8.78 Å². The molecule has 0 bridgehead atoms. The molecular weight excluding hydrogens is 226 g/mol. The second-order valence-electron chi connectivity index (χ2n) is 3.56. The van der Waals surface area contributed by atoms with E-state index in [9.17, 15) is 13.6 Å². The molecule has 0 saturated heterocycles. The summed E-state index contributed by atoms with van der Waals surface area (Å²) in [4.78, 5) is 12.0. The monoisotopic (exact) mass is 236 g/mol. The van der Waals surface area contributed by atoms with Gasteiger partial charge in [0.15, 0.2) is 5.78 Å². The van der Waals surface area contributed by atoms with Crippen molar-refractivity contribution in [2.24, 2.45) is 0 Å². The first kappa shape index (κ1) is 11.5. The van der Waals surface area contributed by atoms with E-state index < -0.39 is 17.4 Å². The maximum absolute atomic E-state index is 13.4.